The molecular weight excluding hydrogens is 274 g/mol. The van der Waals surface area contributed by atoms with Gasteiger partial charge in [-0.3, -0.25) is 4.79 Å². The van der Waals surface area contributed by atoms with Crippen LogP contribution in [-0.2, 0) is 4.79 Å². The maximum Gasteiger partial charge on any atom is 0.335 e. The third kappa shape index (κ3) is 5.52. The van der Waals surface area contributed by atoms with Crippen molar-refractivity contribution in [3.63, 3.8) is 0 Å². The van der Waals surface area contributed by atoms with Crippen LogP contribution in [0.4, 0.5) is 10.5 Å². The second-order valence-corrected chi connectivity index (χ2v) is 4.86. The summed E-state index contributed by atoms with van der Waals surface area (Å²) >= 11 is 0. The van der Waals surface area contributed by atoms with Crippen LogP contribution in [0.2, 0.25) is 0 Å². The Kier molecular flexibility index (Phi) is 5.71. The van der Waals surface area contributed by atoms with Crippen molar-refractivity contribution in [2.24, 2.45) is 0 Å². The summed E-state index contributed by atoms with van der Waals surface area (Å²) in [4.78, 5) is 34.0. The summed E-state index contributed by atoms with van der Waals surface area (Å²) in [6.07, 6.45) is 0. The number of aromatic carboxylic acids is 1. The highest BCUT2D eigenvalue weighted by Crippen LogP contribution is 2.16. The number of carboxylic acids is 1. The van der Waals surface area contributed by atoms with E-state index in [0.717, 1.165) is 5.56 Å². The average Bonchev–Trinajstić information content (AvgIpc) is 2.38. The minimum absolute atomic E-state index is 0.00291. The highest BCUT2D eigenvalue weighted by atomic mass is 16.4. The molecule has 0 aliphatic rings. The van der Waals surface area contributed by atoms with E-state index in [9.17, 15) is 14.4 Å². The van der Waals surface area contributed by atoms with E-state index in [4.69, 9.17) is 5.11 Å². The van der Waals surface area contributed by atoms with Crippen LogP contribution in [0.5, 0.6) is 0 Å². The Bertz CT molecular complexity index is 555. The standard InChI is InChI=1S/C14H19N3O4/c1-8(2)16-12(18)7-15-14(21)17-11-6-10(13(19)20)5-4-9(11)3/h4-6,8H,7H2,1-3H3,(H,16,18)(H,19,20)(H2,15,17,21). The topological polar surface area (TPSA) is 108 Å². The summed E-state index contributed by atoms with van der Waals surface area (Å²) in [6.45, 7) is 5.23. The highest BCUT2D eigenvalue weighted by molar-refractivity contribution is 5.95. The van der Waals surface area contributed by atoms with Gasteiger partial charge in [0.1, 0.15) is 0 Å². The van der Waals surface area contributed by atoms with Gasteiger partial charge in [-0.15, -0.1) is 0 Å². The van der Waals surface area contributed by atoms with Gasteiger partial charge in [0.05, 0.1) is 12.1 Å². The first-order valence-corrected chi connectivity index (χ1v) is 6.47. The predicted molar refractivity (Wildman–Crippen MR) is 78.4 cm³/mol. The molecule has 1 rings (SSSR count). The van der Waals surface area contributed by atoms with Gasteiger partial charge >= 0.3 is 12.0 Å². The van der Waals surface area contributed by atoms with Gasteiger partial charge in [0.15, 0.2) is 0 Å². The van der Waals surface area contributed by atoms with Gasteiger partial charge in [0.2, 0.25) is 5.91 Å². The van der Waals surface area contributed by atoms with Gasteiger partial charge in [-0.25, -0.2) is 9.59 Å². The van der Waals surface area contributed by atoms with Crippen LogP contribution >= 0.6 is 0 Å². The lowest BCUT2D eigenvalue weighted by molar-refractivity contribution is -0.120. The largest absolute Gasteiger partial charge is 0.478 e. The van der Waals surface area contributed by atoms with E-state index >= 15 is 0 Å². The van der Waals surface area contributed by atoms with E-state index in [1.165, 1.54) is 12.1 Å². The molecule has 7 nitrogen and oxygen atoms in total. The van der Waals surface area contributed by atoms with E-state index in [2.05, 4.69) is 16.0 Å². The molecule has 114 valence electrons. The minimum atomic E-state index is -1.07. The van der Waals surface area contributed by atoms with Crippen molar-refractivity contribution >= 4 is 23.6 Å². The number of hydrogen-bond donors (Lipinski definition) is 4. The lowest BCUT2D eigenvalue weighted by atomic mass is 10.1. The quantitative estimate of drug-likeness (QED) is 0.657. The fraction of sp³-hybridized carbons (Fsp3) is 0.357. The Morgan fingerprint density at radius 3 is 2.48 bits per heavy atom. The maximum absolute atomic E-state index is 11.7. The Labute approximate surface area is 122 Å². The minimum Gasteiger partial charge on any atom is -0.478 e. The van der Waals surface area contributed by atoms with Gasteiger partial charge in [0.25, 0.3) is 0 Å². The third-order valence-electron chi connectivity index (χ3n) is 2.59. The molecule has 0 aliphatic heterocycles. The third-order valence-corrected chi connectivity index (χ3v) is 2.59. The van der Waals surface area contributed by atoms with E-state index in [0.29, 0.717) is 5.69 Å². The zero-order chi connectivity index (χ0) is 16.0. The predicted octanol–water partition coefficient (Wildman–Crippen LogP) is 1.34. The summed E-state index contributed by atoms with van der Waals surface area (Å²) in [6, 6.07) is 3.85. The molecule has 0 aliphatic carbocycles. The van der Waals surface area contributed by atoms with Crippen LogP contribution in [0, 0.1) is 6.92 Å². The van der Waals surface area contributed by atoms with Crippen molar-refractivity contribution in [2.75, 3.05) is 11.9 Å². The lowest BCUT2D eigenvalue weighted by Crippen LogP contribution is -2.41. The highest BCUT2D eigenvalue weighted by Gasteiger charge is 2.10. The number of rotatable bonds is 5. The molecule has 0 aromatic heterocycles. The number of carbonyl (C=O) groups excluding carboxylic acids is 2. The number of benzene rings is 1. The van der Waals surface area contributed by atoms with Gasteiger partial charge in [-0.2, -0.15) is 0 Å². The molecule has 0 fully saturated rings. The van der Waals surface area contributed by atoms with E-state index in [1.807, 2.05) is 13.8 Å². The average molecular weight is 293 g/mol. The summed E-state index contributed by atoms with van der Waals surface area (Å²) in [5, 5.41) is 16.5. The molecule has 4 N–H and O–H groups in total. The molecule has 0 heterocycles. The van der Waals surface area contributed by atoms with E-state index in [1.54, 1.807) is 13.0 Å². The molecule has 0 saturated heterocycles. The number of amides is 3. The number of aryl methyl sites for hydroxylation is 1. The number of hydrogen-bond acceptors (Lipinski definition) is 3. The molecule has 0 unspecified atom stereocenters. The fourth-order valence-corrected chi connectivity index (χ4v) is 1.59. The molecule has 0 saturated carbocycles. The molecule has 1 aromatic carbocycles. The number of nitrogens with one attached hydrogen (secondary N) is 3. The van der Waals surface area contributed by atoms with Crippen LogP contribution in [0.25, 0.3) is 0 Å². The van der Waals surface area contributed by atoms with Gasteiger partial charge in [0, 0.05) is 11.7 Å². The van der Waals surface area contributed by atoms with Crippen molar-refractivity contribution in [1.29, 1.82) is 0 Å². The van der Waals surface area contributed by atoms with E-state index in [-0.39, 0.29) is 24.1 Å². The first kappa shape index (κ1) is 16.5. The fourth-order valence-electron chi connectivity index (χ4n) is 1.59. The summed E-state index contributed by atoms with van der Waals surface area (Å²) in [7, 11) is 0. The molecule has 0 atom stereocenters. The molecular formula is C14H19N3O4. The van der Waals surface area contributed by atoms with Gasteiger partial charge in [-0.05, 0) is 38.5 Å². The van der Waals surface area contributed by atoms with Crippen LogP contribution in [-0.4, -0.2) is 35.6 Å². The summed E-state index contributed by atoms with van der Waals surface area (Å²) < 4.78 is 0. The smallest absolute Gasteiger partial charge is 0.335 e. The normalized spacial score (nSPS) is 10.1. The van der Waals surface area contributed by atoms with Crippen molar-refractivity contribution < 1.29 is 19.5 Å². The van der Waals surface area contributed by atoms with Crippen LogP contribution in [0.1, 0.15) is 29.8 Å². The van der Waals surface area contributed by atoms with Crippen molar-refractivity contribution in [3.8, 4) is 0 Å². The maximum atomic E-state index is 11.7. The Morgan fingerprint density at radius 1 is 1.24 bits per heavy atom. The van der Waals surface area contributed by atoms with Crippen molar-refractivity contribution in [1.82, 2.24) is 10.6 Å². The van der Waals surface area contributed by atoms with Gasteiger partial charge in [-0.1, -0.05) is 6.07 Å². The number of carboxylic acid groups (broad SMARTS) is 1. The summed E-state index contributed by atoms with van der Waals surface area (Å²) in [5.74, 6) is -1.37. The lowest BCUT2D eigenvalue weighted by Gasteiger charge is -2.12. The molecule has 7 heteroatoms. The Hall–Kier alpha value is -2.57. The van der Waals surface area contributed by atoms with Gasteiger partial charge < -0.3 is 21.1 Å². The SMILES string of the molecule is Cc1ccc(C(=O)O)cc1NC(=O)NCC(=O)NC(C)C. The first-order valence-electron chi connectivity index (χ1n) is 6.47. The van der Waals surface area contributed by atoms with E-state index < -0.39 is 12.0 Å². The zero-order valence-corrected chi connectivity index (χ0v) is 12.2. The summed E-state index contributed by atoms with van der Waals surface area (Å²) in [5.41, 5.74) is 1.19. The van der Waals surface area contributed by atoms with Crippen molar-refractivity contribution in [3.05, 3.63) is 29.3 Å². The van der Waals surface area contributed by atoms with Crippen LogP contribution in [0.3, 0.4) is 0 Å². The Balaban J connectivity index is 2.60. The first-order chi connectivity index (χ1) is 9.79. The van der Waals surface area contributed by atoms with Crippen LogP contribution < -0.4 is 16.0 Å². The number of carbonyl (C=O) groups is 3. The Morgan fingerprint density at radius 2 is 1.90 bits per heavy atom. The molecule has 0 spiro atoms. The second-order valence-electron chi connectivity index (χ2n) is 4.86. The molecule has 21 heavy (non-hydrogen) atoms. The molecule has 0 radical (unpaired) electrons. The van der Waals surface area contributed by atoms with Crippen LogP contribution in [0.15, 0.2) is 18.2 Å². The number of urea groups is 1. The molecule has 0 bridgehead atoms. The second kappa shape index (κ2) is 7.28. The molecule has 3 amide bonds. The van der Waals surface area contributed by atoms with Crippen molar-refractivity contribution in [2.45, 2.75) is 26.8 Å². The monoisotopic (exact) mass is 293 g/mol. The number of anilines is 1. The zero-order valence-electron chi connectivity index (χ0n) is 12.2. The molecule has 1 aromatic rings.